The van der Waals surface area contributed by atoms with E-state index in [2.05, 4.69) is 35.3 Å². The average Bonchev–Trinajstić information content (AvgIpc) is 3.43. The van der Waals surface area contributed by atoms with Gasteiger partial charge in [0.2, 0.25) is 5.89 Å². The van der Waals surface area contributed by atoms with Gasteiger partial charge in [0, 0.05) is 22.8 Å². The standard InChI is InChI=1S/C22H23N3O3S/c23-13-19-24-17(14-27-19)21(26)25-9-7-22(8-10-25)20-16(6-11-28-22)12-18(29-20)15-4-2-1-3-5-15/h1-5,12,14H,6-11,13,23H2. The molecule has 1 saturated heterocycles. The van der Waals surface area contributed by atoms with E-state index in [4.69, 9.17) is 14.9 Å². The largest absolute Gasteiger partial charge is 0.447 e. The van der Waals surface area contributed by atoms with Gasteiger partial charge in [0.1, 0.15) is 11.9 Å². The number of carbonyl (C=O) groups is 1. The Hall–Kier alpha value is -2.48. The average molecular weight is 410 g/mol. The lowest BCUT2D eigenvalue weighted by atomic mass is 9.85. The number of hydrogen-bond donors (Lipinski definition) is 1. The third-order valence-corrected chi connectivity index (χ3v) is 7.25. The van der Waals surface area contributed by atoms with E-state index < -0.39 is 0 Å². The molecule has 1 aromatic carbocycles. The number of rotatable bonds is 3. The second-order valence-corrected chi connectivity index (χ2v) is 8.60. The van der Waals surface area contributed by atoms with Gasteiger partial charge >= 0.3 is 0 Å². The van der Waals surface area contributed by atoms with Crippen molar-refractivity contribution in [1.82, 2.24) is 9.88 Å². The van der Waals surface area contributed by atoms with E-state index in [1.165, 1.54) is 27.1 Å². The molecule has 2 aliphatic rings. The van der Waals surface area contributed by atoms with Crippen LogP contribution in [0.25, 0.3) is 10.4 Å². The molecule has 2 aromatic heterocycles. The summed E-state index contributed by atoms with van der Waals surface area (Å²) in [6.45, 7) is 2.20. The molecule has 0 atom stereocenters. The summed E-state index contributed by atoms with van der Waals surface area (Å²) in [5.41, 5.74) is 8.21. The number of hydrogen-bond acceptors (Lipinski definition) is 6. The van der Waals surface area contributed by atoms with E-state index in [-0.39, 0.29) is 18.1 Å². The number of oxazole rings is 1. The summed E-state index contributed by atoms with van der Waals surface area (Å²) < 4.78 is 11.6. The molecular weight excluding hydrogens is 386 g/mol. The van der Waals surface area contributed by atoms with Gasteiger partial charge in [-0.2, -0.15) is 0 Å². The minimum Gasteiger partial charge on any atom is -0.447 e. The second kappa shape index (κ2) is 7.40. The molecule has 4 heterocycles. The van der Waals surface area contributed by atoms with Gasteiger partial charge in [0.05, 0.1) is 13.2 Å². The lowest BCUT2D eigenvalue weighted by Gasteiger charge is -2.43. The smallest absolute Gasteiger partial charge is 0.275 e. The van der Waals surface area contributed by atoms with Crippen LogP contribution in [0.15, 0.2) is 47.1 Å². The first-order valence-corrected chi connectivity index (χ1v) is 10.8. The van der Waals surface area contributed by atoms with E-state index in [1.54, 1.807) is 0 Å². The van der Waals surface area contributed by atoms with Crippen molar-refractivity contribution >= 4 is 17.2 Å². The van der Waals surface area contributed by atoms with E-state index in [9.17, 15) is 4.79 Å². The van der Waals surface area contributed by atoms with Crippen LogP contribution in [0.3, 0.4) is 0 Å². The zero-order valence-corrected chi connectivity index (χ0v) is 16.9. The maximum Gasteiger partial charge on any atom is 0.275 e. The van der Waals surface area contributed by atoms with Crippen LogP contribution < -0.4 is 5.73 Å². The molecule has 1 spiro atoms. The lowest BCUT2D eigenvalue weighted by Crippen LogP contribution is -2.48. The molecule has 0 saturated carbocycles. The van der Waals surface area contributed by atoms with Crippen LogP contribution in [0.4, 0.5) is 0 Å². The van der Waals surface area contributed by atoms with Crippen LogP contribution in [0.1, 0.15) is 39.7 Å². The van der Waals surface area contributed by atoms with Crippen LogP contribution in [-0.2, 0) is 23.3 Å². The third kappa shape index (κ3) is 3.29. The number of carbonyl (C=O) groups excluding carboxylic acids is 1. The van der Waals surface area contributed by atoms with Crippen molar-refractivity contribution in [2.24, 2.45) is 5.73 Å². The Morgan fingerprint density at radius 1 is 1.24 bits per heavy atom. The molecule has 0 unspecified atom stereocenters. The summed E-state index contributed by atoms with van der Waals surface area (Å²) in [5.74, 6) is 0.282. The fraction of sp³-hybridized carbons (Fsp3) is 0.364. The molecule has 3 aromatic rings. The fourth-order valence-electron chi connectivity index (χ4n) is 4.27. The molecule has 0 bridgehead atoms. The van der Waals surface area contributed by atoms with Crippen molar-refractivity contribution in [3.63, 3.8) is 0 Å². The van der Waals surface area contributed by atoms with Gasteiger partial charge in [0.15, 0.2) is 5.69 Å². The molecule has 5 rings (SSSR count). The molecule has 6 nitrogen and oxygen atoms in total. The summed E-state index contributed by atoms with van der Waals surface area (Å²) in [6, 6.07) is 12.8. The quantitative estimate of drug-likeness (QED) is 0.715. The SMILES string of the molecule is NCc1nc(C(=O)N2CCC3(CC2)OCCc2cc(-c4ccccc4)sc23)co1. The van der Waals surface area contributed by atoms with Crippen LogP contribution >= 0.6 is 11.3 Å². The molecule has 150 valence electrons. The van der Waals surface area contributed by atoms with Crippen LogP contribution in [0.2, 0.25) is 0 Å². The van der Waals surface area contributed by atoms with Crippen molar-refractivity contribution in [3.05, 3.63) is 64.7 Å². The van der Waals surface area contributed by atoms with Crippen molar-refractivity contribution in [2.75, 3.05) is 19.7 Å². The third-order valence-electron chi connectivity index (χ3n) is 5.83. The number of fused-ring (bicyclic) bond motifs is 2. The predicted molar refractivity (Wildman–Crippen MR) is 111 cm³/mol. The van der Waals surface area contributed by atoms with E-state index in [0.29, 0.717) is 24.7 Å². The predicted octanol–water partition coefficient (Wildman–Crippen LogP) is 3.57. The Kier molecular flexibility index (Phi) is 4.73. The molecule has 2 aliphatic heterocycles. The van der Waals surface area contributed by atoms with Gasteiger partial charge in [-0.3, -0.25) is 4.79 Å². The van der Waals surface area contributed by atoms with E-state index in [1.807, 2.05) is 22.3 Å². The second-order valence-electron chi connectivity index (χ2n) is 7.55. The van der Waals surface area contributed by atoms with E-state index in [0.717, 1.165) is 25.9 Å². The maximum atomic E-state index is 12.8. The van der Waals surface area contributed by atoms with Gasteiger partial charge in [0.25, 0.3) is 5.91 Å². The summed E-state index contributed by atoms with van der Waals surface area (Å²) in [7, 11) is 0. The number of thiophene rings is 1. The number of nitrogens with zero attached hydrogens (tertiary/aromatic N) is 2. The highest BCUT2D eigenvalue weighted by Gasteiger charge is 2.43. The minimum atomic E-state index is -0.283. The number of piperidine rings is 1. The summed E-state index contributed by atoms with van der Waals surface area (Å²) in [6.07, 6.45) is 3.93. The first-order valence-electron chi connectivity index (χ1n) is 9.95. The Balaban J connectivity index is 1.36. The summed E-state index contributed by atoms with van der Waals surface area (Å²) in [4.78, 5) is 21.4. The number of nitrogens with two attached hydrogens (primary N) is 1. The topological polar surface area (TPSA) is 81.6 Å². The molecule has 0 aliphatic carbocycles. The summed E-state index contributed by atoms with van der Waals surface area (Å²) >= 11 is 1.84. The molecule has 0 radical (unpaired) electrons. The van der Waals surface area contributed by atoms with Gasteiger partial charge in [-0.05, 0) is 36.5 Å². The van der Waals surface area contributed by atoms with Gasteiger partial charge in [-0.15, -0.1) is 11.3 Å². The van der Waals surface area contributed by atoms with Gasteiger partial charge in [-0.1, -0.05) is 30.3 Å². The van der Waals surface area contributed by atoms with Crippen molar-refractivity contribution in [1.29, 1.82) is 0 Å². The number of benzene rings is 1. The Morgan fingerprint density at radius 3 is 2.76 bits per heavy atom. The van der Waals surface area contributed by atoms with Crippen molar-refractivity contribution < 1.29 is 13.9 Å². The highest BCUT2D eigenvalue weighted by molar-refractivity contribution is 7.15. The Bertz CT molecular complexity index is 1020. The highest BCUT2D eigenvalue weighted by Crippen LogP contribution is 2.47. The van der Waals surface area contributed by atoms with Gasteiger partial charge < -0.3 is 19.8 Å². The lowest BCUT2D eigenvalue weighted by molar-refractivity contribution is -0.0906. The van der Waals surface area contributed by atoms with Gasteiger partial charge in [-0.25, -0.2) is 4.98 Å². The van der Waals surface area contributed by atoms with Crippen LogP contribution in [0, 0.1) is 0 Å². The zero-order valence-electron chi connectivity index (χ0n) is 16.1. The number of ether oxygens (including phenoxy) is 1. The zero-order chi connectivity index (χ0) is 19.8. The highest BCUT2D eigenvalue weighted by atomic mass is 32.1. The molecule has 1 amide bonds. The molecule has 7 heteroatoms. The van der Waals surface area contributed by atoms with Crippen molar-refractivity contribution in [3.8, 4) is 10.4 Å². The monoisotopic (exact) mass is 409 g/mol. The van der Waals surface area contributed by atoms with Crippen LogP contribution in [0.5, 0.6) is 0 Å². The first-order chi connectivity index (χ1) is 14.2. The van der Waals surface area contributed by atoms with E-state index >= 15 is 0 Å². The maximum absolute atomic E-state index is 12.8. The number of likely N-dealkylation sites (tertiary alicyclic amines) is 1. The van der Waals surface area contributed by atoms with Crippen LogP contribution in [-0.4, -0.2) is 35.5 Å². The summed E-state index contributed by atoms with van der Waals surface area (Å²) in [5, 5.41) is 0. The normalized spacial score (nSPS) is 18.0. The Morgan fingerprint density at radius 2 is 2.03 bits per heavy atom. The van der Waals surface area contributed by atoms with Crippen molar-refractivity contribution in [2.45, 2.75) is 31.4 Å². The molecular formula is C22H23N3O3S. The Labute approximate surface area is 173 Å². The first kappa shape index (κ1) is 18.5. The number of amides is 1. The number of aromatic nitrogens is 1. The molecule has 1 fully saturated rings. The fourth-order valence-corrected chi connectivity index (χ4v) is 5.69. The molecule has 2 N–H and O–H groups in total. The minimum absolute atomic E-state index is 0.101. The molecule has 29 heavy (non-hydrogen) atoms.